The molecular weight excluding hydrogens is 256 g/mol. The molecule has 1 heterocycles. The molecule has 0 bridgehead atoms. The Kier molecular flexibility index (Phi) is 3.90. The van der Waals surface area contributed by atoms with Crippen LogP contribution in [0.15, 0.2) is 18.2 Å². The number of hydrogen-bond acceptors (Lipinski definition) is 4. The van der Waals surface area contributed by atoms with Gasteiger partial charge in [-0.05, 0) is 23.1 Å². The fourth-order valence-corrected chi connectivity index (χ4v) is 2.00. The molecule has 0 saturated carbocycles. The minimum absolute atomic E-state index is 0.0600. The van der Waals surface area contributed by atoms with Gasteiger partial charge in [0.25, 0.3) is 0 Å². The van der Waals surface area contributed by atoms with Gasteiger partial charge in [0.15, 0.2) is 11.5 Å². The smallest absolute Gasteiger partial charge is 0.240 e. The van der Waals surface area contributed by atoms with E-state index in [1.54, 1.807) is 11.9 Å². The van der Waals surface area contributed by atoms with Crippen molar-refractivity contribution in [2.75, 3.05) is 13.8 Å². The number of ether oxygens (including phenoxy) is 2. The minimum Gasteiger partial charge on any atom is -0.454 e. The molecular formula is C15H22N2O3. The summed E-state index contributed by atoms with van der Waals surface area (Å²) in [6, 6.07) is 5.18. The van der Waals surface area contributed by atoms with E-state index in [9.17, 15) is 4.79 Å². The van der Waals surface area contributed by atoms with E-state index in [0.717, 1.165) is 17.1 Å². The van der Waals surface area contributed by atoms with Gasteiger partial charge in [0.2, 0.25) is 12.7 Å². The highest BCUT2D eigenvalue weighted by Crippen LogP contribution is 2.32. The van der Waals surface area contributed by atoms with Gasteiger partial charge in [0, 0.05) is 13.6 Å². The van der Waals surface area contributed by atoms with Crippen molar-refractivity contribution < 1.29 is 14.3 Å². The second kappa shape index (κ2) is 5.32. The number of carbonyl (C=O) groups is 1. The van der Waals surface area contributed by atoms with Crippen molar-refractivity contribution in [1.29, 1.82) is 0 Å². The molecule has 1 amide bonds. The predicted octanol–water partition coefficient (Wildman–Crippen LogP) is 1.75. The third-order valence-corrected chi connectivity index (χ3v) is 3.43. The normalized spacial score (nSPS) is 15.1. The number of carbonyl (C=O) groups excluding carboxylic acids is 1. The van der Waals surface area contributed by atoms with Crippen molar-refractivity contribution in [2.45, 2.75) is 33.4 Å². The number of likely N-dealkylation sites (N-methyl/N-ethyl adjacent to an activating group) is 1. The molecule has 1 aromatic rings. The number of benzene rings is 1. The summed E-state index contributed by atoms with van der Waals surface area (Å²) in [6.45, 7) is 6.64. The summed E-state index contributed by atoms with van der Waals surface area (Å²) in [6.07, 6.45) is 0. The Morgan fingerprint density at radius 1 is 1.35 bits per heavy atom. The second-order valence-electron chi connectivity index (χ2n) is 6.23. The Hall–Kier alpha value is -1.75. The lowest BCUT2D eigenvalue weighted by atomic mass is 9.86. The number of nitrogens with two attached hydrogens (primary N) is 1. The Morgan fingerprint density at radius 3 is 2.65 bits per heavy atom. The summed E-state index contributed by atoms with van der Waals surface area (Å²) in [5.41, 5.74) is 6.75. The monoisotopic (exact) mass is 278 g/mol. The van der Waals surface area contributed by atoms with Gasteiger partial charge in [-0.2, -0.15) is 0 Å². The second-order valence-corrected chi connectivity index (χ2v) is 6.23. The van der Waals surface area contributed by atoms with E-state index in [4.69, 9.17) is 15.2 Å². The zero-order valence-corrected chi connectivity index (χ0v) is 12.5. The molecule has 0 aliphatic carbocycles. The molecule has 1 aliphatic heterocycles. The van der Waals surface area contributed by atoms with Crippen LogP contribution in [0.3, 0.4) is 0 Å². The Labute approximate surface area is 119 Å². The van der Waals surface area contributed by atoms with Gasteiger partial charge in [-0.3, -0.25) is 4.79 Å². The zero-order chi connectivity index (χ0) is 14.9. The summed E-state index contributed by atoms with van der Waals surface area (Å²) < 4.78 is 10.6. The van der Waals surface area contributed by atoms with Crippen LogP contribution in [0.5, 0.6) is 11.5 Å². The van der Waals surface area contributed by atoms with Crippen molar-refractivity contribution in [2.24, 2.45) is 11.1 Å². The van der Waals surface area contributed by atoms with Crippen LogP contribution in [0.4, 0.5) is 0 Å². The van der Waals surface area contributed by atoms with Crippen molar-refractivity contribution >= 4 is 5.91 Å². The third kappa shape index (κ3) is 3.04. The van der Waals surface area contributed by atoms with Gasteiger partial charge in [0.05, 0.1) is 6.04 Å². The molecule has 2 N–H and O–H groups in total. The molecule has 1 aliphatic rings. The first kappa shape index (κ1) is 14.7. The molecule has 5 heteroatoms. The van der Waals surface area contributed by atoms with Crippen LogP contribution in [-0.2, 0) is 11.3 Å². The number of hydrogen-bond donors (Lipinski definition) is 1. The van der Waals surface area contributed by atoms with Gasteiger partial charge in [-0.15, -0.1) is 0 Å². The van der Waals surface area contributed by atoms with Crippen molar-refractivity contribution in [3.05, 3.63) is 23.8 Å². The molecule has 1 atom stereocenters. The van der Waals surface area contributed by atoms with E-state index in [0.29, 0.717) is 6.54 Å². The largest absolute Gasteiger partial charge is 0.454 e. The quantitative estimate of drug-likeness (QED) is 0.914. The summed E-state index contributed by atoms with van der Waals surface area (Å²) in [4.78, 5) is 13.9. The van der Waals surface area contributed by atoms with Crippen molar-refractivity contribution in [3.8, 4) is 11.5 Å². The number of rotatable bonds is 3. The molecule has 1 unspecified atom stereocenters. The first-order chi connectivity index (χ1) is 9.29. The van der Waals surface area contributed by atoms with Crippen LogP contribution in [-0.4, -0.2) is 30.7 Å². The lowest BCUT2D eigenvalue weighted by Crippen LogP contribution is -2.48. The number of fused-ring (bicyclic) bond motifs is 1. The standard InChI is InChI=1S/C15H22N2O3/c1-15(2,3)13(16)14(18)17(4)8-10-5-6-11-12(7-10)20-9-19-11/h5-7,13H,8-9,16H2,1-4H3. The summed E-state index contributed by atoms with van der Waals surface area (Å²) in [5, 5.41) is 0. The van der Waals surface area contributed by atoms with E-state index >= 15 is 0 Å². The Morgan fingerprint density at radius 2 is 2.00 bits per heavy atom. The van der Waals surface area contributed by atoms with Crippen LogP contribution < -0.4 is 15.2 Å². The summed E-state index contributed by atoms with van der Waals surface area (Å²) in [7, 11) is 1.76. The zero-order valence-electron chi connectivity index (χ0n) is 12.5. The SMILES string of the molecule is CN(Cc1ccc2c(c1)OCO2)C(=O)C(N)C(C)(C)C. The molecule has 0 radical (unpaired) electrons. The maximum atomic E-state index is 12.3. The van der Waals surface area contributed by atoms with Gasteiger partial charge >= 0.3 is 0 Å². The molecule has 1 aromatic carbocycles. The topological polar surface area (TPSA) is 64.8 Å². The predicted molar refractivity (Wildman–Crippen MR) is 76.5 cm³/mol. The van der Waals surface area contributed by atoms with Crippen LogP contribution >= 0.6 is 0 Å². The van der Waals surface area contributed by atoms with Gasteiger partial charge in [-0.1, -0.05) is 26.8 Å². The van der Waals surface area contributed by atoms with E-state index in [2.05, 4.69) is 0 Å². The first-order valence-electron chi connectivity index (χ1n) is 6.68. The van der Waals surface area contributed by atoms with Crippen molar-refractivity contribution in [1.82, 2.24) is 4.90 Å². The number of amides is 1. The van der Waals surface area contributed by atoms with E-state index in [1.807, 2.05) is 39.0 Å². The highest BCUT2D eigenvalue weighted by Gasteiger charge is 2.29. The van der Waals surface area contributed by atoms with E-state index in [-0.39, 0.29) is 18.1 Å². The highest BCUT2D eigenvalue weighted by molar-refractivity contribution is 5.82. The fraction of sp³-hybridized carbons (Fsp3) is 0.533. The van der Waals surface area contributed by atoms with Crippen LogP contribution in [0.1, 0.15) is 26.3 Å². The third-order valence-electron chi connectivity index (χ3n) is 3.43. The van der Waals surface area contributed by atoms with E-state index in [1.165, 1.54) is 0 Å². The molecule has 0 fully saturated rings. The van der Waals surface area contributed by atoms with Crippen molar-refractivity contribution in [3.63, 3.8) is 0 Å². The molecule has 5 nitrogen and oxygen atoms in total. The summed E-state index contributed by atoms with van der Waals surface area (Å²) >= 11 is 0. The molecule has 110 valence electrons. The minimum atomic E-state index is -0.512. The Balaban J connectivity index is 2.04. The fourth-order valence-electron chi connectivity index (χ4n) is 2.00. The van der Waals surface area contributed by atoms with E-state index < -0.39 is 6.04 Å². The molecule has 0 saturated heterocycles. The highest BCUT2D eigenvalue weighted by atomic mass is 16.7. The maximum Gasteiger partial charge on any atom is 0.240 e. The maximum absolute atomic E-state index is 12.3. The lowest BCUT2D eigenvalue weighted by molar-refractivity contribution is -0.134. The first-order valence-corrected chi connectivity index (χ1v) is 6.68. The van der Waals surface area contributed by atoms with Crippen LogP contribution in [0, 0.1) is 5.41 Å². The van der Waals surface area contributed by atoms with Crippen LogP contribution in [0.25, 0.3) is 0 Å². The molecule has 2 rings (SSSR count). The van der Waals surface area contributed by atoms with Gasteiger partial charge < -0.3 is 20.1 Å². The van der Waals surface area contributed by atoms with Gasteiger partial charge in [-0.25, -0.2) is 0 Å². The molecule has 0 aromatic heterocycles. The molecule has 0 spiro atoms. The molecule has 20 heavy (non-hydrogen) atoms. The lowest BCUT2D eigenvalue weighted by Gasteiger charge is -2.30. The average molecular weight is 278 g/mol. The summed E-state index contributed by atoms with van der Waals surface area (Å²) in [5.74, 6) is 1.41. The number of nitrogens with zero attached hydrogens (tertiary/aromatic N) is 1. The Bertz CT molecular complexity index is 508. The average Bonchev–Trinajstić information content (AvgIpc) is 2.83. The van der Waals surface area contributed by atoms with Gasteiger partial charge in [0.1, 0.15) is 0 Å². The van der Waals surface area contributed by atoms with Crippen LogP contribution in [0.2, 0.25) is 0 Å².